The summed E-state index contributed by atoms with van der Waals surface area (Å²) in [7, 11) is 3.40. The van der Waals surface area contributed by atoms with E-state index in [9.17, 15) is 0 Å². The first-order chi connectivity index (χ1) is 14.2. The Balaban J connectivity index is 1.54. The summed E-state index contributed by atoms with van der Waals surface area (Å²) in [4.78, 5) is 2.69. The van der Waals surface area contributed by atoms with Crippen LogP contribution >= 0.6 is 0 Å². The minimum absolute atomic E-state index is 0.502. The molecule has 0 amide bonds. The van der Waals surface area contributed by atoms with E-state index in [-0.39, 0.29) is 0 Å². The van der Waals surface area contributed by atoms with Gasteiger partial charge in [-0.3, -0.25) is 4.90 Å². The summed E-state index contributed by atoms with van der Waals surface area (Å²) in [6.07, 6.45) is 4.92. The molecule has 152 valence electrons. The van der Waals surface area contributed by atoms with Gasteiger partial charge in [0.1, 0.15) is 0 Å². The van der Waals surface area contributed by atoms with Crippen LogP contribution in [0, 0.1) is 6.92 Å². The number of rotatable bonds is 4. The third kappa shape index (κ3) is 3.10. The summed E-state index contributed by atoms with van der Waals surface area (Å²) in [5.74, 6) is 1.61. The first kappa shape index (κ1) is 18.6. The second kappa shape index (κ2) is 7.42. The van der Waals surface area contributed by atoms with Crippen molar-refractivity contribution in [3.63, 3.8) is 0 Å². The van der Waals surface area contributed by atoms with Crippen LogP contribution in [0.1, 0.15) is 47.7 Å². The van der Waals surface area contributed by atoms with Gasteiger partial charge in [-0.1, -0.05) is 17.7 Å². The largest absolute Gasteiger partial charge is 0.493 e. The Morgan fingerprint density at radius 2 is 1.83 bits per heavy atom. The van der Waals surface area contributed by atoms with E-state index >= 15 is 0 Å². The van der Waals surface area contributed by atoms with Crippen LogP contribution in [-0.2, 0) is 19.5 Å². The first-order valence-electron chi connectivity index (χ1n) is 10.8. The van der Waals surface area contributed by atoms with Crippen LogP contribution in [-0.4, -0.2) is 30.2 Å². The Hall–Kier alpha value is -2.46. The fraction of sp³-hybridized carbons (Fsp3) is 0.440. The number of fused-ring (bicyclic) bond motifs is 3. The van der Waals surface area contributed by atoms with E-state index in [1.807, 2.05) is 6.07 Å². The van der Waals surface area contributed by atoms with E-state index in [0.717, 1.165) is 31.1 Å². The summed E-state index contributed by atoms with van der Waals surface area (Å²) < 4.78 is 13.6. The highest BCUT2D eigenvalue weighted by Gasteiger charge is 2.33. The van der Waals surface area contributed by atoms with E-state index in [2.05, 4.69) is 46.7 Å². The van der Waals surface area contributed by atoms with Gasteiger partial charge in [0.25, 0.3) is 0 Å². The number of methoxy groups -OCH3 is 2. The maximum absolute atomic E-state index is 5.53. The molecular formula is C25H30N2O2. The number of benzene rings is 2. The van der Waals surface area contributed by atoms with Crippen LogP contribution < -0.4 is 9.47 Å². The molecule has 4 heteroatoms. The predicted octanol–water partition coefficient (Wildman–Crippen LogP) is 5.25. The lowest BCUT2D eigenvalue weighted by atomic mass is 9.90. The third-order valence-corrected chi connectivity index (χ3v) is 6.69. The monoisotopic (exact) mass is 390 g/mol. The molecule has 0 fully saturated rings. The molecule has 0 N–H and O–H groups in total. The van der Waals surface area contributed by atoms with Gasteiger partial charge in [0, 0.05) is 36.2 Å². The van der Waals surface area contributed by atoms with Gasteiger partial charge in [0.2, 0.25) is 0 Å². The van der Waals surface area contributed by atoms with Crippen LogP contribution in [0.15, 0.2) is 36.4 Å². The molecule has 0 spiro atoms. The van der Waals surface area contributed by atoms with Gasteiger partial charge < -0.3 is 14.0 Å². The second-order valence-corrected chi connectivity index (χ2v) is 8.46. The van der Waals surface area contributed by atoms with Crippen LogP contribution in [0.2, 0.25) is 0 Å². The van der Waals surface area contributed by atoms with Gasteiger partial charge in [-0.25, -0.2) is 0 Å². The SMILES string of the molecule is COc1ccc(CN2CCCn3c4c(c5cc(C)ccc53)CCC[C@@H]42)cc1OC. The number of aryl methyl sites for hydroxylation is 3. The summed E-state index contributed by atoms with van der Waals surface area (Å²) in [6, 6.07) is 13.8. The van der Waals surface area contributed by atoms with Crippen LogP contribution in [0.3, 0.4) is 0 Å². The van der Waals surface area contributed by atoms with Gasteiger partial charge >= 0.3 is 0 Å². The highest BCUT2D eigenvalue weighted by atomic mass is 16.5. The lowest BCUT2D eigenvalue weighted by Gasteiger charge is -2.33. The molecule has 0 saturated carbocycles. The van der Waals surface area contributed by atoms with Crippen molar-refractivity contribution < 1.29 is 9.47 Å². The Morgan fingerprint density at radius 1 is 0.966 bits per heavy atom. The van der Waals surface area contributed by atoms with E-state index in [4.69, 9.17) is 9.47 Å². The lowest BCUT2D eigenvalue weighted by molar-refractivity contribution is 0.173. The zero-order chi connectivity index (χ0) is 20.0. The molecule has 5 rings (SSSR count). The van der Waals surface area contributed by atoms with Gasteiger partial charge in [-0.15, -0.1) is 0 Å². The Kier molecular flexibility index (Phi) is 4.75. The number of ether oxygens (including phenoxy) is 2. The molecule has 0 saturated heterocycles. The van der Waals surface area contributed by atoms with E-state index < -0.39 is 0 Å². The highest BCUT2D eigenvalue weighted by Crippen LogP contribution is 2.43. The van der Waals surface area contributed by atoms with Crippen molar-refractivity contribution in [2.24, 2.45) is 0 Å². The first-order valence-corrected chi connectivity index (χ1v) is 10.8. The molecule has 0 bridgehead atoms. The number of nitrogens with zero attached hydrogens (tertiary/aromatic N) is 2. The van der Waals surface area contributed by atoms with Crippen molar-refractivity contribution in [1.29, 1.82) is 0 Å². The van der Waals surface area contributed by atoms with Crippen LogP contribution in [0.4, 0.5) is 0 Å². The van der Waals surface area contributed by atoms with E-state index in [0.29, 0.717) is 6.04 Å². The Morgan fingerprint density at radius 3 is 2.66 bits per heavy atom. The molecule has 1 atom stereocenters. The predicted molar refractivity (Wildman–Crippen MR) is 117 cm³/mol. The molecule has 0 unspecified atom stereocenters. The molecule has 2 aromatic carbocycles. The minimum Gasteiger partial charge on any atom is -0.493 e. The van der Waals surface area contributed by atoms with Crippen molar-refractivity contribution in [2.75, 3.05) is 20.8 Å². The molecule has 1 aliphatic carbocycles. The molecule has 29 heavy (non-hydrogen) atoms. The highest BCUT2D eigenvalue weighted by molar-refractivity contribution is 5.87. The maximum atomic E-state index is 5.53. The number of hydrogen-bond acceptors (Lipinski definition) is 3. The van der Waals surface area contributed by atoms with E-state index in [1.165, 1.54) is 47.7 Å². The van der Waals surface area contributed by atoms with Crippen molar-refractivity contribution in [2.45, 2.75) is 51.7 Å². The van der Waals surface area contributed by atoms with Crippen LogP contribution in [0.5, 0.6) is 11.5 Å². The third-order valence-electron chi connectivity index (χ3n) is 6.69. The Bertz CT molecular complexity index is 1050. The van der Waals surface area contributed by atoms with Gasteiger partial charge in [0.15, 0.2) is 11.5 Å². The molecule has 0 radical (unpaired) electrons. The minimum atomic E-state index is 0.502. The molecular weight excluding hydrogens is 360 g/mol. The summed E-state index contributed by atoms with van der Waals surface area (Å²) in [5, 5.41) is 1.48. The number of aromatic nitrogens is 1. The summed E-state index contributed by atoms with van der Waals surface area (Å²) in [5.41, 5.74) is 7.25. The molecule has 4 nitrogen and oxygen atoms in total. The van der Waals surface area contributed by atoms with Crippen molar-refractivity contribution in [1.82, 2.24) is 9.47 Å². The average Bonchev–Trinajstić information content (AvgIpc) is 2.93. The van der Waals surface area contributed by atoms with Crippen molar-refractivity contribution >= 4 is 10.9 Å². The standard InChI is InChI=1S/C25H30N2O2/c1-17-8-10-21-20(14-17)19-6-4-7-22-25(19)27(21)13-5-12-26(22)16-18-9-11-23(28-2)24(15-18)29-3/h8-11,14-15,22H,4-7,12-13,16H2,1-3H3/t22-/m0/s1. The Labute approximate surface area is 173 Å². The summed E-state index contributed by atoms with van der Waals surface area (Å²) in [6.45, 7) is 5.41. The van der Waals surface area contributed by atoms with Crippen LogP contribution in [0.25, 0.3) is 10.9 Å². The van der Waals surface area contributed by atoms with E-state index in [1.54, 1.807) is 25.5 Å². The number of hydrogen-bond donors (Lipinski definition) is 0. The zero-order valence-corrected chi connectivity index (χ0v) is 17.7. The summed E-state index contributed by atoms with van der Waals surface area (Å²) >= 11 is 0. The molecule has 3 aromatic rings. The fourth-order valence-corrected chi connectivity index (χ4v) is 5.40. The van der Waals surface area contributed by atoms with Crippen molar-refractivity contribution in [3.05, 3.63) is 58.8 Å². The fourth-order valence-electron chi connectivity index (χ4n) is 5.40. The molecule has 1 aromatic heterocycles. The van der Waals surface area contributed by atoms with Gasteiger partial charge in [-0.2, -0.15) is 0 Å². The topological polar surface area (TPSA) is 26.6 Å². The average molecular weight is 391 g/mol. The zero-order valence-electron chi connectivity index (χ0n) is 17.7. The molecule has 2 heterocycles. The lowest BCUT2D eigenvalue weighted by Crippen LogP contribution is -2.31. The van der Waals surface area contributed by atoms with Crippen molar-refractivity contribution in [3.8, 4) is 11.5 Å². The van der Waals surface area contributed by atoms with Gasteiger partial charge in [-0.05, 0) is 68.0 Å². The molecule has 1 aliphatic heterocycles. The molecule has 2 aliphatic rings. The van der Waals surface area contributed by atoms with Gasteiger partial charge in [0.05, 0.1) is 20.3 Å². The maximum Gasteiger partial charge on any atom is 0.161 e. The second-order valence-electron chi connectivity index (χ2n) is 8.46. The quantitative estimate of drug-likeness (QED) is 0.609. The smallest absolute Gasteiger partial charge is 0.161 e. The normalized spacial score (nSPS) is 19.1.